The molecular formula is C20H20FN3O2S. The summed E-state index contributed by atoms with van der Waals surface area (Å²) in [6.07, 6.45) is 0. The molecule has 4 rings (SSSR count). The Hall–Kier alpha value is -2.51. The van der Waals surface area contributed by atoms with Crippen LogP contribution < -0.4 is 10.2 Å². The first-order chi connectivity index (χ1) is 13.0. The van der Waals surface area contributed by atoms with E-state index < -0.39 is 15.7 Å². The van der Waals surface area contributed by atoms with Crippen LogP contribution in [0.25, 0.3) is 10.9 Å². The first kappa shape index (κ1) is 17.9. The highest BCUT2D eigenvalue weighted by Crippen LogP contribution is 2.33. The molecule has 0 amide bonds. The van der Waals surface area contributed by atoms with Crippen LogP contribution in [0.1, 0.15) is 5.69 Å². The van der Waals surface area contributed by atoms with E-state index in [0.29, 0.717) is 16.6 Å². The van der Waals surface area contributed by atoms with Gasteiger partial charge in [0.15, 0.2) is 0 Å². The molecule has 1 fully saturated rings. The van der Waals surface area contributed by atoms with Crippen LogP contribution in [-0.4, -0.2) is 39.6 Å². The monoisotopic (exact) mass is 385 g/mol. The lowest BCUT2D eigenvalue weighted by atomic mass is 10.1. The van der Waals surface area contributed by atoms with Crippen LogP contribution in [-0.2, 0) is 9.84 Å². The van der Waals surface area contributed by atoms with Gasteiger partial charge in [-0.15, -0.1) is 0 Å². The van der Waals surface area contributed by atoms with Crippen molar-refractivity contribution in [2.75, 3.05) is 31.1 Å². The zero-order chi connectivity index (χ0) is 19.0. The maximum atomic E-state index is 13.6. The molecule has 1 aromatic heterocycles. The zero-order valence-corrected chi connectivity index (χ0v) is 15.8. The van der Waals surface area contributed by atoms with Crippen molar-refractivity contribution in [2.45, 2.75) is 16.7 Å². The van der Waals surface area contributed by atoms with Gasteiger partial charge in [0.2, 0.25) is 9.84 Å². The minimum atomic E-state index is -3.87. The Balaban J connectivity index is 1.94. The van der Waals surface area contributed by atoms with E-state index >= 15 is 0 Å². The van der Waals surface area contributed by atoms with Crippen molar-refractivity contribution >= 4 is 26.4 Å². The Kier molecular flexibility index (Phi) is 4.57. The molecule has 5 nitrogen and oxygen atoms in total. The first-order valence-electron chi connectivity index (χ1n) is 8.83. The molecule has 3 aromatic rings. The van der Waals surface area contributed by atoms with Gasteiger partial charge in [-0.05, 0) is 37.3 Å². The highest BCUT2D eigenvalue weighted by atomic mass is 32.2. The Bertz CT molecular complexity index is 1110. The fraction of sp³-hybridized carbons (Fsp3) is 0.250. The molecule has 0 radical (unpaired) electrons. The maximum absolute atomic E-state index is 13.6. The third-order valence-electron chi connectivity index (χ3n) is 4.76. The number of benzene rings is 2. The van der Waals surface area contributed by atoms with Crippen LogP contribution >= 0.6 is 0 Å². The molecule has 1 saturated heterocycles. The molecule has 0 atom stereocenters. The van der Waals surface area contributed by atoms with Gasteiger partial charge in [0.25, 0.3) is 0 Å². The average Bonchev–Trinajstić information content (AvgIpc) is 2.67. The van der Waals surface area contributed by atoms with E-state index in [1.807, 2.05) is 12.1 Å². The van der Waals surface area contributed by atoms with Gasteiger partial charge in [-0.25, -0.2) is 12.8 Å². The number of hydrogen-bond acceptors (Lipinski definition) is 5. The lowest BCUT2D eigenvalue weighted by molar-refractivity contribution is 0.589. The van der Waals surface area contributed by atoms with Crippen LogP contribution in [0.3, 0.4) is 0 Å². The molecule has 7 heteroatoms. The highest BCUT2D eigenvalue weighted by Gasteiger charge is 2.24. The van der Waals surface area contributed by atoms with Crippen LogP contribution in [0.2, 0.25) is 0 Å². The number of piperazine rings is 1. The number of anilines is 1. The molecule has 0 bridgehead atoms. The SMILES string of the molecule is Cc1cc(S(=O)(=O)c2cccc(F)c2)c2cccc(N3CCNCC3)c2n1. The third-order valence-corrected chi connectivity index (χ3v) is 6.55. The standard InChI is InChI=1S/C20H20FN3O2S/c1-14-12-19(27(25,26)16-5-2-4-15(21)13-16)17-6-3-7-18(20(17)23-14)24-10-8-22-9-11-24/h2-7,12-13,22H,8-11H2,1H3. The summed E-state index contributed by atoms with van der Waals surface area (Å²) in [5.74, 6) is -0.576. The topological polar surface area (TPSA) is 62.3 Å². The number of aromatic nitrogens is 1. The predicted octanol–water partition coefficient (Wildman–Crippen LogP) is 2.92. The fourth-order valence-corrected chi connectivity index (χ4v) is 5.03. The second kappa shape index (κ2) is 6.90. The Labute approximate surface area is 157 Å². The van der Waals surface area contributed by atoms with Crippen molar-refractivity contribution in [3.8, 4) is 0 Å². The van der Waals surface area contributed by atoms with E-state index in [-0.39, 0.29) is 9.79 Å². The summed E-state index contributed by atoms with van der Waals surface area (Å²) >= 11 is 0. The van der Waals surface area contributed by atoms with Crippen LogP contribution in [0.5, 0.6) is 0 Å². The second-order valence-electron chi connectivity index (χ2n) is 6.63. The zero-order valence-electron chi connectivity index (χ0n) is 14.9. The molecule has 1 aliphatic rings. The molecule has 0 aliphatic carbocycles. The number of rotatable bonds is 3. The van der Waals surface area contributed by atoms with Gasteiger partial charge in [-0.3, -0.25) is 4.98 Å². The van der Waals surface area contributed by atoms with Crippen molar-refractivity contribution in [2.24, 2.45) is 0 Å². The summed E-state index contributed by atoms with van der Waals surface area (Å²) in [4.78, 5) is 6.95. The van der Waals surface area contributed by atoms with Gasteiger partial charge >= 0.3 is 0 Å². The van der Waals surface area contributed by atoms with Gasteiger partial charge in [-0.1, -0.05) is 18.2 Å². The molecule has 27 heavy (non-hydrogen) atoms. The predicted molar refractivity (Wildman–Crippen MR) is 103 cm³/mol. The number of pyridine rings is 1. The lowest BCUT2D eigenvalue weighted by Gasteiger charge is -2.30. The van der Waals surface area contributed by atoms with Crippen LogP contribution in [0, 0.1) is 12.7 Å². The van der Waals surface area contributed by atoms with E-state index in [2.05, 4.69) is 15.2 Å². The minimum Gasteiger partial charge on any atom is -0.367 e. The van der Waals surface area contributed by atoms with Crippen LogP contribution in [0.4, 0.5) is 10.1 Å². The molecule has 1 aliphatic heterocycles. The number of fused-ring (bicyclic) bond motifs is 1. The lowest BCUT2D eigenvalue weighted by Crippen LogP contribution is -2.43. The Morgan fingerprint density at radius 2 is 1.81 bits per heavy atom. The maximum Gasteiger partial charge on any atom is 0.207 e. The minimum absolute atomic E-state index is 0.0537. The largest absolute Gasteiger partial charge is 0.367 e. The van der Waals surface area contributed by atoms with Gasteiger partial charge in [-0.2, -0.15) is 0 Å². The number of hydrogen-bond donors (Lipinski definition) is 1. The average molecular weight is 385 g/mol. The molecule has 0 spiro atoms. The number of nitrogens with one attached hydrogen (secondary N) is 1. The molecule has 1 N–H and O–H groups in total. The smallest absolute Gasteiger partial charge is 0.207 e. The summed E-state index contributed by atoms with van der Waals surface area (Å²) < 4.78 is 40.1. The summed E-state index contributed by atoms with van der Waals surface area (Å²) in [5.41, 5.74) is 2.20. The molecule has 2 aromatic carbocycles. The summed E-state index contributed by atoms with van der Waals surface area (Å²) in [7, 11) is -3.87. The molecular weight excluding hydrogens is 365 g/mol. The van der Waals surface area contributed by atoms with E-state index in [4.69, 9.17) is 0 Å². The van der Waals surface area contributed by atoms with Gasteiger partial charge < -0.3 is 10.2 Å². The van der Waals surface area contributed by atoms with Crippen molar-refractivity contribution in [1.82, 2.24) is 10.3 Å². The van der Waals surface area contributed by atoms with Crippen LogP contribution in [0.15, 0.2) is 58.3 Å². The number of sulfone groups is 1. The van der Waals surface area contributed by atoms with E-state index in [0.717, 1.165) is 37.9 Å². The number of nitrogens with zero attached hydrogens (tertiary/aromatic N) is 2. The first-order valence-corrected chi connectivity index (χ1v) is 10.3. The molecule has 0 saturated carbocycles. The summed E-state index contributed by atoms with van der Waals surface area (Å²) in [6.45, 7) is 5.19. The highest BCUT2D eigenvalue weighted by molar-refractivity contribution is 7.91. The Morgan fingerprint density at radius 3 is 2.56 bits per heavy atom. The van der Waals surface area contributed by atoms with E-state index in [1.54, 1.807) is 19.1 Å². The molecule has 140 valence electrons. The second-order valence-corrected chi connectivity index (χ2v) is 8.55. The summed E-state index contributed by atoms with van der Waals surface area (Å²) in [5, 5.41) is 3.87. The van der Waals surface area contributed by atoms with Crippen molar-refractivity contribution < 1.29 is 12.8 Å². The van der Waals surface area contributed by atoms with Crippen molar-refractivity contribution in [3.05, 3.63) is 60.0 Å². The van der Waals surface area contributed by atoms with Crippen molar-refractivity contribution in [1.29, 1.82) is 0 Å². The van der Waals surface area contributed by atoms with Gasteiger partial charge in [0.05, 0.1) is 21.0 Å². The fourth-order valence-electron chi connectivity index (χ4n) is 3.47. The number of para-hydroxylation sites is 1. The van der Waals surface area contributed by atoms with Gasteiger partial charge in [0.1, 0.15) is 5.82 Å². The van der Waals surface area contributed by atoms with E-state index in [9.17, 15) is 12.8 Å². The molecule has 0 unspecified atom stereocenters. The Morgan fingerprint density at radius 1 is 1.07 bits per heavy atom. The normalized spacial score (nSPS) is 15.3. The number of aryl methyl sites for hydroxylation is 1. The summed E-state index contributed by atoms with van der Waals surface area (Å²) in [6, 6.07) is 12.3. The molecule has 2 heterocycles. The van der Waals surface area contributed by atoms with Gasteiger partial charge in [0, 0.05) is 37.3 Å². The third kappa shape index (κ3) is 3.28. The number of halogens is 1. The van der Waals surface area contributed by atoms with Crippen molar-refractivity contribution in [3.63, 3.8) is 0 Å². The van der Waals surface area contributed by atoms with E-state index in [1.165, 1.54) is 18.2 Å². The quantitative estimate of drug-likeness (QED) is 0.751.